The minimum Gasteiger partial charge on any atom is -0.495 e. The number of hydrogen-bond acceptors (Lipinski definition) is 3. The average Bonchev–Trinajstić information content (AvgIpc) is 2.36. The summed E-state index contributed by atoms with van der Waals surface area (Å²) in [6.45, 7) is 6.55. The number of benzene rings is 1. The van der Waals surface area contributed by atoms with Crippen LogP contribution < -0.4 is 10.1 Å². The lowest BCUT2D eigenvalue weighted by atomic mass is 9.96. The molecule has 0 saturated heterocycles. The van der Waals surface area contributed by atoms with E-state index in [1.54, 1.807) is 7.11 Å². The number of methoxy groups -OCH3 is 1. The molecular formula is C14H20N2O. The van der Waals surface area contributed by atoms with E-state index in [9.17, 15) is 0 Å². The predicted octanol–water partition coefficient (Wildman–Crippen LogP) is 3.22. The van der Waals surface area contributed by atoms with Crippen LogP contribution in [0.3, 0.4) is 0 Å². The molecule has 1 aromatic carbocycles. The highest BCUT2D eigenvalue weighted by Gasteiger charge is 2.17. The Morgan fingerprint density at radius 3 is 2.65 bits per heavy atom. The van der Waals surface area contributed by atoms with Gasteiger partial charge in [-0.25, -0.2) is 0 Å². The molecule has 0 aliphatic rings. The van der Waals surface area contributed by atoms with Gasteiger partial charge in [-0.1, -0.05) is 13.0 Å². The van der Waals surface area contributed by atoms with Crippen LogP contribution >= 0.6 is 0 Å². The van der Waals surface area contributed by atoms with E-state index in [1.807, 2.05) is 19.9 Å². The standard InChI is InChI=1S/C14H20N2O/c1-5-11-6-7-13(17-4)12(8-11)16-10-14(2,3)9-15/h6-8,16H,5,10H2,1-4H3. The van der Waals surface area contributed by atoms with Crippen LogP contribution in [0.4, 0.5) is 5.69 Å². The van der Waals surface area contributed by atoms with Gasteiger partial charge in [0.15, 0.2) is 0 Å². The first kappa shape index (κ1) is 13.4. The molecule has 1 N–H and O–H groups in total. The van der Waals surface area contributed by atoms with E-state index in [0.717, 1.165) is 17.9 Å². The van der Waals surface area contributed by atoms with Crippen molar-refractivity contribution in [3.63, 3.8) is 0 Å². The minimum atomic E-state index is -0.382. The van der Waals surface area contributed by atoms with E-state index in [-0.39, 0.29) is 5.41 Å². The first-order chi connectivity index (χ1) is 8.02. The van der Waals surface area contributed by atoms with Crippen molar-refractivity contribution in [1.82, 2.24) is 0 Å². The zero-order valence-corrected chi connectivity index (χ0v) is 11.0. The van der Waals surface area contributed by atoms with Crippen molar-refractivity contribution in [2.24, 2.45) is 5.41 Å². The maximum atomic E-state index is 8.98. The zero-order valence-electron chi connectivity index (χ0n) is 11.0. The van der Waals surface area contributed by atoms with Crippen molar-refractivity contribution in [1.29, 1.82) is 5.26 Å². The molecule has 0 atom stereocenters. The third-order valence-corrected chi connectivity index (χ3v) is 2.70. The summed E-state index contributed by atoms with van der Waals surface area (Å²) >= 11 is 0. The number of ether oxygens (including phenoxy) is 1. The first-order valence-electron chi connectivity index (χ1n) is 5.84. The van der Waals surface area contributed by atoms with Crippen LogP contribution in [-0.2, 0) is 6.42 Å². The second kappa shape index (κ2) is 5.58. The Kier molecular flexibility index (Phi) is 4.39. The summed E-state index contributed by atoms with van der Waals surface area (Å²) in [5, 5.41) is 12.3. The van der Waals surface area contributed by atoms with Gasteiger partial charge in [-0.05, 0) is 38.0 Å². The number of nitrogens with zero attached hydrogens (tertiary/aromatic N) is 1. The highest BCUT2D eigenvalue weighted by molar-refractivity contribution is 5.58. The van der Waals surface area contributed by atoms with Gasteiger partial charge >= 0.3 is 0 Å². The van der Waals surface area contributed by atoms with Crippen molar-refractivity contribution in [3.8, 4) is 11.8 Å². The summed E-state index contributed by atoms with van der Waals surface area (Å²) in [5.41, 5.74) is 1.82. The number of hydrogen-bond donors (Lipinski definition) is 1. The topological polar surface area (TPSA) is 45.0 Å². The number of anilines is 1. The van der Waals surface area contributed by atoms with E-state index >= 15 is 0 Å². The average molecular weight is 232 g/mol. The fraction of sp³-hybridized carbons (Fsp3) is 0.500. The molecule has 92 valence electrons. The lowest BCUT2D eigenvalue weighted by Gasteiger charge is -2.19. The molecule has 1 aromatic rings. The molecule has 0 aliphatic carbocycles. The molecule has 1 rings (SSSR count). The third kappa shape index (κ3) is 3.67. The van der Waals surface area contributed by atoms with E-state index < -0.39 is 0 Å². The molecule has 0 heterocycles. The Morgan fingerprint density at radius 2 is 2.12 bits per heavy atom. The Bertz CT molecular complexity index is 419. The fourth-order valence-electron chi connectivity index (χ4n) is 1.47. The van der Waals surface area contributed by atoms with Crippen molar-refractivity contribution in [3.05, 3.63) is 23.8 Å². The fourth-order valence-corrected chi connectivity index (χ4v) is 1.47. The lowest BCUT2D eigenvalue weighted by molar-refractivity contribution is 0.415. The molecule has 3 nitrogen and oxygen atoms in total. The number of aryl methyl sites for hydroxylation is 1. The van der Waals surface area contributed by atoms with Gasteiger partial charge in [0.05, 0.1) is 24.3 Å². The molecule has 0 spiro atoms. The normalized spacial score (nSPS) is 10.8. The van der Waals surface area contributed by atoms with Crippen LogP contribution in [0.25, 0.3) is 0 Å². The van der Waals surface area contributed by atoms with Crippen LogP contribution in [-0.4, -0.2) is 13.7 Å². The van der Waals surface area contributed by atoms with Gasteiger partial charge in [0, 0.05) is 6.54 Å². The van der Waals surface area contributed by atoms with Gasteiger partial charge in [0.1, 0.15) is 5.75 Å². The van der Waals surface area contributed by atoms with Gasteiger partial charge in [0.2, 0.25) is 0 Å². The zero-order chi connectivity index (χ0) is 12.9. The molecule has 17 heavy (non-hydrogen) atoms. The minimum absolute atomic E-state index is 0.382. The molecule has 0 bridgehead atoms. The number of nitriles is 1. The summed E-state index contributed by atoms with van der Waals surface area (Å²) in [5.74, 6) is 0.816. The summed E-state index contributed by atoms with van der Waals surface area (Å²) < 4.78 is 5.30. The molecule has 0 aliphatic heterocycles. The molecule has 0 fully saturated rings. The SMILES string of the molecule is CCc1ccc(OC)c(NCC(C)(C)C#N)c1. The summed E-state index contributed by atoms with van der Waals surface area (Å²) in [6.07, 6.45) is 0.986. The monoisotopic (exact) mass is 232 g/mol. The molecular weight excluding hydrogens is 212 g/mol. The molecule has 0 aromatic heterocycles. The van der Waals surface area contributed by atoms with Gasteiger partial charge < -0.3 is 10.1 Å². The van der Waals surface area contributed by atoms with Crippen molar-refractivity contribution in [2.75, 3.05) is 19.0 Å². The molecule has 0 radical (unpaired) electrons. The predicted molar refractivity (Wildman–Crippen MR) is 70.3 cm³/mol. The van der Waals surface area contributed by atoms with Crippen molar-refractivity contribution in [2.45, 2.75) is 27.2 Å². The highest BCUT2D eigenvalue weighted by Crippen LogP contribution is 2.27. The van der Waals surface area contributed by atoms with Crippen LogP contribution in [0.15, 0.2) is 18.2 Å². The second-order valence-electron chi connectivity index (χ2n) is 4.74. The number of rotatable bonds is 5. The molecule has 3 heteroatoms. The van der Waals surface area contributed by atoms with Crippen LogP contribution in [0.2, 0.25) is 0 Å². The van der Waals surface area contributed by atoms with Crippen LogP contribution in [0.5, 0.6) is 5.75 Å². The van der Waals surface area contributed by atoms with Crippen molar-refractivity contribution < 1.29 is 4.74 Å². The van der Waals surface area contributed by atoms with Gasteiger partial charge in [-0.2, -0.15) is 5.26 Å². The van der Waals surface area contributed by atoms with Crippen LogP contribution in [0, 0.1) is 16.7 Å². The van der Waals surface area contributed by atoms with Gasteiger partial charge in [0.25, 0.3) is 0 Å². The first-order valence-corrected chi connectivity index (χ1v) is 5.84. The molecule has 0 unspecified atom stereocenters. The second-order valence-corrected chi connectivity index (χ2v) is 4.74. The number of nitrogens with one attached hydrogen (secondary N) is 1. The maximum Gasteiger partial charge on any atom is 0.141 e. The Labute approximate surface area is 103 Å². The van der Waals surface area contributed by atoms with Crippen LogP contribution in [0.1, 0.15) is 26.3 Å². The molecule has 0 amide bonds. The Balaban J connectivity index is 2.85. The van der Waals surface area contributed by atoms with Crippen molar-refractivity contribution >= 4 is 5.69 Å². The molecule has 0 saturated carbocycles. The maximum absolute atomic E-state index is 8.98. The Hall–Kier alpha value is -1.69. The largest absolute Gasteiger partial charge is 0.495 e. The highest BCUT2D eigenvalue weighted by atomic mass is 16.5. The quantitative estimate of drug-likeness (QED) is 0.847. The van der Waals surface area contributed by atoms with E-state index in [1.165, 1.54) is 5.56 Å². The smallest absolute Gasteiger partial charge is 0.141 e. The lowest BCUT2D eigenvalue weighted by Crippen LogP contribution is -2.21. The summed E-state index contributed by atoms with van der Waals surface area (Å²) in [7, 11) is 1.65. The van der Waals surface area contributed by atoms with E-state index in [4.69, 9.17) is 10.00 Å². The summed E-state index contributed by atoms with van der Waals surface area (Å²) in [6, 6.07) is 8.36. The van der Waals surface area contributed by atoms with Gasteiger partial charge in [-0.3, -0.25) is 0 Å². The van der Waals surface area contributed by atoms with Gasteiger partial charge in [-0.15, -0.1) is 0 Å². The van der Waals surface area contributed by atoms with E-state index in [2.05, 4.69) is 30.4 Å². The third-order valence-electron chi connectivity index (χ3n) is 2.70. The Morgan fingerprint density at radius 1 is 1.41 bits per heavy atom. The van der Waals surface area contributed by atoms with E-state index in [0.29, 0.717) is 6.54 Å². The summed E-state index contributed by atoms with van der Waals surface area (Å²) in [4.78, 5) is 0.